The van der Waals surface area contributed by atoms with Crippen LogP contribution in [0.5, 0.6) is 0 Å². The van der Waals surface area contributed by atoms with Crippen LogP contribution in [-0.2, 0) is 26.6 Å². The molecule has 0 spiro atoms. The SMILES string of the molecule is CCCCOC(=O)NS(=O)(=O)c1sc(CC(C)C)cc1-c1ccc(C2CC(C)(C)c3nccn32)cc1. The van der Waals surface area contributed by atoms with Crippen molar-refractivity contribution in [2.24, 2.45) is 5.92 Å². The van der Waals surface area contributed by atoms with Crippen LogP contribution in [0, 0.1) is 5.92 Å². The summed E-state index contributed by atoms with van der Waals surface area (Å²) in [6.45, 7) is 10.8. The Labute approximate surface area is 218 Å². The summed E-state index contributed by atoms with van der Waals surface area (Å²) in [6.07, 6.45) is 6.17. The Hall–Kier alpha value is -2.65. The Kier molecular flexibility index (Phi) is 7.61. The fraction of sp³-hybridized carbons (Fsp3) is 0.481. The lowest BCUT2D eigenvalue weighted by Gasteiger charge is -2.17. The van der Waals surface area contributed by atoms with E-state index in [0.29, 0.717) is 17.9 Å². The highest BCUT2D eigenvalue weighted by Gasteiger charge is 2.38. The highest BCUT2D eigenvalue weighted by Crippen LogP contribution is 2.43. The Balaban J connectivity index is 1.64. The van der Waals surface area contributed by atoms with Crippen molar-refractivity contribution in [2.75, 3.05) is 6.61 Å². The van der Waals surface area contributed by atoms with Crippen molar-refractivity contribution in [3.05, 3.63) is 59.0 Å². The molecule has 194 valence electrons. The predicted molar refractivity (Wildman–Crippen MR) is 143 cm³/mol. The van der Waals surface area contributed by atoms with E-state index in [-0.39, 0.29) is 22.3 Å². The first-order valence-corrected chi connectivity index (χ1v) is 14.8. The van der Waals surface area contributed by atoms with Crippen molar-refractivity contribution in [3.63, 3.8) is 0 Å². The maximum absolute atomic E-state index is 13.2. The standard InChI is InChI=1S/C27H35N3O4S2/c1-6-7-14-34-26(31)29-36(32,33)24-22(16-21(35-24)15-18(2)3)19-8-10-20(11-9-19)23-17-27(4,5)25-28-12-13-30(23)25/h8-13,16,18,23H,6-7,14-15,17H2,1-5H3,(H,29,31). The molecule has 1 amide bonds. The number of sulfonamides is 1. The minimum Gasteiger partial charge on any atom is -0.449 e. The molecule has 4 rings (SSSR count). The summed E-state index contributed by atoms with van der Waals surface area (Å²) in [7, 11) is -4.08. The first-order valence-electron chi connectivity index (χ1n) is 12.5. The van der Waals surface area contributed by atoms with Gasteiger partial charge in [-0.05, 0) is 42.4 Å². The smallest absolute Gasteiger partial charge is 0.421 e. The van der Waals surface area contributed by atoms with Crippen molar-refractivity contribution >= 4 is 27.5 Å². The number of amides is 1. The van der Waals surface area contributed by atoms with E-state index in [1.807, 2.05) is 37.5 Å². The van der Waals surface area contributed by atoms with Crippen molar-refractivity contribution in [2.45, 2.75) is 76.0 Å². The maximum atomic E-state index is 13.2. The zero-order chi connectivity index (χ0) is 26.1. The summed E-state index contributed by atoms with van der Waals surface area (Å²) in [5, 5.41) is 0. The van der Waals surface area contributed by atoms with Crippen LogP contribution in [0.1, 0.15) is 76.2 Å². The molecule has 1 unspecified atom stereocenters. The number of carbonyl (C=O) groups excluding carboxylic acids is 1. The Morgan fingerprint density at radius 1 is 1.28 bits per heavy atom. The summed E-state index contributed by atoms with van der Waals surface area (Å²) < 4.78 is 35.9. The van der Waals surface area contributed by atoms with Gasteiger partial charge in [-0.15, -0.1) is 11.3 Å². The second kappa shape index (κ2) is 10.4. The lowest BCUT2D eigenvalue weighted by Crippen LogP contribution is -2.31. The molecule has 1 aliphatic heterocycles. The third kappa shape index (κ3) is 5.52. The number of rotatable bonds is 9. The van der Waals surface area contributed by atoms with E-state index in [2.05, 4.69) is 54.1 Å². The van der Waals surface area contributed by atoms with E-state index in [4.69, 9.17) is 4.74 Å². The van der Waals surface area contributed by atoms with Gasteiger partial charge in [0.15, 0.2) is 0 Å². The monoisotopic (exact) mass is 529 g/mol. The second-order valence-electron chi connectivity index (χ2n) is 10.5. The van der Waals surface area contributed by atoms with Crippen molar-refractivity contribution in [1.82, 2.24) is 14.3 Å². The van der Waals surface area contributed by atoms with Crippen LogP contribution in [0.2, 0.25) is 0 Å². The summed E-state index contributed by atoms with van der Waals surface area (Å²) in [5.74, 6) is 1.45. The molecule has 1 atom stereocenters. The fourth-order valence-corrected chi connectivity index (χ4v) is 7.59. The van der Waals surface area contributed by atoms with Crippen LogP contribution < -0.4 is 4.72 Å². The zero-order valence-corrected chi connectivity index (χ0v) is 23.2. The predicted octanol–water partition coefficient (Wildman–Crippen LogP) is 6.30. The number of nitrogens with zero attached hydrogens (tertiary/aromatic N) is 2. The van der Waals surface area contributed by atoms with E-state index in [1.54, 1.807) is 0 Å². The average molecular weight is 530 g/mol. The molecule has 7 nitrogen and oxygen atoms in total. The van der Waals surface area contributed by atoms with Gasteiger partial charge in [-0.2, -0.15) is 0 Å². The molecular weight excluding hydrogens is 494 g/mol. The van der Waals surface area contributed by atoms with Gasteiger partial charge < -0.3 is 9.30 Å². The molecule has 3 aromatic rings. The number of hydrogen-bond donors (Lipinski definition) is 1. The molecule has 0 radical (unpaired) electrons. The van der Waals surface area contributed by atoms with Gasteiger partial charge in [0.1, 0.15) is 10.0 Å². The van der Waals surface area contributed by atoms with E-state index < -0.39 is 16.1 Å². The second-order valence-corrected chi connectivity index (χ2v) is 13.5. The quantitative estimate of drug-likeness (QED) is 0.329. The number of benzene rings is 1. The zero-order valence-electron chi connectivity index (χ0n) is 21.6. The normalized spacial score (nSPS) is 16.8. The molecule has 2 aromatic heterocycles. The lowest BCUT2D eigenvalue weighted by atomic mass is 9.87. The van der Waals surface area contributed by atoms with Gasteiger partial charge in [0.05, 0.1) is 12.6 Å². The Morgan fingerprint density at radius 3 is 2.67 bits per heavy atom. The number of hydrogen-bond acceptors (Lipinski definition) is 6. The fourth-order valence-electron chi connectivity index (χ4n) is 4.75. The number of imidazole rings is 1. The number of unbranched alkanes of at least 4 members (excludes halogenated alkanes) is 1. The van der Waals surface area contributed by atoms with Gasteiger partial charge in [0.2, 0.25) is 0 Å². The van der Waals surface area contributed by atoms with E-state index >= 15 is 0 Å². The topological polar surface area (TPSA) is 90.3 Å². The van der Waals surface area contributed by atoms with Crippen molar-refractivity contribution < 1.29 is 17.9 Å². The number of nitrogens with one attached hydrogen (secondary N) is 1. The molecule has 1 aromatic carbocycles. The summed E-state index contributed by atoms with van der Waals surface area (Å²) >= 11 is 1.21. The van der Waals surface area contributed by atoms with Crippen molar-refractivity contribution in [3.8, 4) is 11.1 Å². The Bertz CT molecular complexity index is 1320. The number of ether oxygens (including phenoxy) is 1. The van der Waals surface area contributed by atoms with Gasteiger partial charge in [-0.25, -0.2) is 22.9 Å². The molecular formula is C27H35N3O4S2. The maximum Gasteiger partial charge on any atom is 0.421 e. The molecule has 0 aliphatic carbocycles. The van der Waals surface area contributed by atoms with E-state index in [9.17, 15) is 13.2 Å². The van der Waals surface area contributed by atoms with Crippen LogP contribution in [0.3, 0.4) is 0 Å². The molecule has 0 fully saturated rings. The molecule has 1 aliphatic rings. The van der Waals surface area contributed by atoms with E-state index in [1.165, 1.54) is 11.3 Å². The molecule has 0 saturated carbocycles. The summed E-state index contributed by atoms with van der Waals surface area (Å²) in [4.78, 5) is 17.7. The largest absolute Gasteiger partial charge is 0.449 e. The number of carbonyl (C=O) groups is 1. The van der Waals surface area contributed by atoms with Crippen LogP contribution in [-0.4, -0.2) is 30.7 Å². The molecule has 0 bridgehead atoms. The number of aromatic nitrogens is 2. The van der Waals surface area contributed by atoms with Gasteiger partial charge >= 0.3 is 6.09 Å². The van der Waals surface area contributed by atoms with E-state index in [0.717, 1.165) is 41.1 Å². The molecule has 3 heterocycles. The minimum absolute atomic E-state index is 0.00933. The van der Waals surface area contributed by atoms with Gasteiger partial charge in [-0.1, -0.05) is 65.3 Å². The first-order chi connectivity index (χ1) is 17.0. The van der Waals surface area contributed by atoms with Crippen molar-refractivity contribution in [1.29, 1.82) is 0 Å². The first kappa shape index (κ1) is 26.4. The van der Waals surface area contributed by atoms with Crippen LogP contribution in [0.15, 0.2) is 46.9 Å². The number of fused-ring (bicyclic) bond motifs is 1. The average Bonchev–Trinajstić information content (AvgIpc) is 3.50. The lowest BCUT2D eigenvalue weighted by molar-refractivity contribution is 0.151. The van der Waals surface area contributed by atoms with Crippen LogP contribution >= 0.6 is 11.3 Å². The highest BCUT2D eigenvalue weighted by molar-refractivity contribution is 7.92. The van der Waals surface area contributed by atoms with Gasteiger partial charge in [-0.3, -0.25) is 0 Å². The van der Waals surface area contributed by atoms with Gasteiger partial charge in [0.25, 0.3) is 10.0 Å². The molecule has 1 N–H and O–H groups in total. The molecule has 0 saturated heterocycles. The highest BCUT2D eigenvalue weighted by atomic mass is 32.2. The van der Waals surface area contributed by atoms with Gasteiger partial charge in [0, 0.05) is 28.2 Å². The third-order valence-electron chi connectivity index (χ3n) is 6.47. The summed E-state index contributed by atoms with van der Waals surface area (Å²) in [5.41, 5.74) is 2.55. The minimum atomic E-state index is -4.08. The molecule has 9 heteroatoms. The Morgan fingerprint density at radius 2 is 2.00 bits per heavy atom. The van der Waals surface area contributed by atoms with Crippen LogP contribution in [0.25, 0.3) is 11.1 Å². The molecule has 36 heavy (non-hydrogen) atoms. The summed E-state index contributed by atoms with van der Waals surface area (Å²) in [6, 6.07) is 10.2. The number of thiophene rings is 1. The third-order valence-corrected chi connectivity index (χ3v) is 9.47. The van der Waals surface area contributed by atoms with Crippen LogP contribution in [0.4, 0.5) is 4.79 Å².